The van der Waals surface area contributed by atoms with Crippen LogP contribution in [0.1, 0.15) is 286 Å². The molecule has 0 saturated heterocycles. The summed E-state index contributed by atoms with van der Waals surface area (Å²) in [5.41, 5.74) is 0. The average Bonchev–Trinajstić information content (AvgIpc) is 3.17. The van der Waals surface area contributed by atoms with Gasteiger partial charge in [0, 0.05) is 53.3 Å². The van der Waals surface area contributed by atoms with Crippen molar-refractivity contribution in [3.8, 4) is 0 Å². The SMILES string of the molecule is CCCCCCC(CCCCCC)[N+](=O)[O-].CCCCCCCCCCCCC(CCC)[N+](=O)[O-].CCCCCCCCCCCCC(CCCCC)[N+](=O)[O-]. The molecule has 2 atom stereocenters. The van der Waals surface area contributed by atoms with E-state index in [1.165, 1.54) is 141 Å². The molecule has 0 bridgehead atoms. The van der Waals surface area contributed by atoms with Crippen molar-refractivity contribution in [1.82, 2.24) is 0 Å². The van der Waals surface area contributed by atoms with Crippen LogP contribution in [0.15, 0.2) is 0 Å². The third-order valence-corrected chi connectivity index (χ3v) is 11.2. The Morgan fingerprint density at radius 3 is 0.625 bits per heavy atom. The topological polar surface area (TPSA) is 129 Å². The van der Waals surface area contributed by atoms with E-state index in [0.29, 0.717) is 0 Å². The van der Waals surface area contributed by atoms with Crippen molar-refractivity contribution in [2.45, 2.75) is 304 Å². The lowest BCUT2D eigenvalue weighted by Crippen LogP contribution is -2.19. The summed E-state index contributed by atoms with van der Waals surface area (Å²) in [7, 11) is 0. The molecule has 0 aromatic carbocycles. The Balaban J connectivity index is -0.000000759. The zero-order valence-electron chi connectivity index (χ0n) is 38.4. The minimum atomic E-state index is -0.293. The molecular formula is C47H97N3O6. The standard InChI is InChI=1S/C18H37NO2.C16H33NO2.C13H27NO2/c1-3-5-7-8-9-10-11-12-13-15-17-18(19(20)21)16-14-6-4-2;1-3-5-6-7-8-9-10-11-12-13-15-16(14-4-2)17(18)19;1-3-5-7-9-11-13(14(15)16)12-10-8-6-4-2/h18H,3-17H2,1-2H3;16H,3-15H2,1-2H3;13H,3-12H2,1-2H3. The lowest BCUT2D eigenvalue weighted by Gasteiger charge is -2.09. The molecule has 0 amide bonds. The van der Waals surface area contributed by atoms with Gasteiger partial charge in [-0.1, -0.05) is 208 Å². The predicted octanol–water partition coefficient (Wildman–Crippen LogP) is 16.8. The quantitative estimate of drug-likeness (QED) is 0.0344. The van der Waals surface area contributed by atoms with Gasteiger partial charge < -0.3 is 0 Å². The Hall–Kier alpha value is -1.80. The van der Waals surface area contributed by atoms with E-state index in [4.69, 9.17) is 0 Å². The molecule has 0 aromatic rings. The molecule has 0 saturated carbocycles. The van der Waals surface area contributed by atoms with E-state index in [-0.39, 0.29) is 32.9 Å². The van der Waals surface area contributed by atoms with Crippen LogP contribution in [-0.4, -0.2) is 32.9 Å². The zero-order valence-corrected chi connectivity index (χ0v) is 38.4. The molecule has 9 heteroatoms. The van der Waals surface area contributed by atoms with Crippen LogP contribution in [0.4, 0.5) is 0 Å². The first-order valence-electron chi connectivity index (χ1n) is 24.6. The smallest absolute Gasteiger partial charge is 0.213 e. The largest absolute Gasteiger partial charge is 0.264 e. The molecule has 0 rings (SSSR count). The number of unbranched alkanes of at least 4 members (excludes halogenated alkanes) is 26. The van der Waals surface area contributed by atoms with Gasteiger partial charge >= 0.3 is 0 Å². The highest BCUT2D eigenvalue weighted by Gasteiger charge is 2.20. The van der Waals surface area contributed by atoms with Gasteiger partial charge in [-0.2, -0.15) is 0 Å². The van der Waals surface area contributed by atoms with Crippen molar-refractivity contribution in [3.63, 3.8) is 0 Å². The van der Waals surface area contributed by atoms with E-state index in [0.717, 1.165) is 103 Å². The monoisotopic (exact) mass is 800 g/mol. The molecule has 56 heavy (non-hydrogen) atoms. The van der Waals surface area contributed by atoms with Crippen LogP contribution in [0.3, 0.4) is 0 Å². The van der Waals surface area contributed by atoms with Gasteiger partial charge in [0.25, 0.3) is 0 Å². The van der Waals surface area contributed by atoms with Crippen LogP contribution in [0.2, 0.25) is 0 Å². The van der Waals surface area contributed by atoms with Crippen molar-refractivity contribution in [1.29, 1.82) is 0 Å². The molecule has 0 spiro atoms. The minimum Gasteiger partial charge on any atom is -0.264 e. The minimum absolute atomic E-state index is 0.0522. The fourth-order valence-corrected chi connectivity index (χ4v) is 7.38. The Labute approximate surface area is 347 Å². The summed E-state index contributed by atoms with van der Waals surface area (Å²) in [5.74, 6) is 0. The Kier molecular flexibility index (Phi) is 51.6. The summed E-state index contributed by atoms with van der Waals surface area (Å²) in [6.45, 7) is 13.0. The van der Waals surface area contributed by atoms with Gasteiger partial charge in [-0.25, -0.2) is 0 Å². The first-order chi connectivity index (χ1) is 27.2. The number of nitrogens with zero attached hydrogens (tertiary/aromatic N) is 3. The summed E-state index contributed by atoms with van der Waals surface area (Å²) in [4.78, 5) is 32.4. The molecule has 0 aliphatic carbocycles. The maximum atomic E-state index is 11.0. The molecule has 0 aliphatic rings. The molecule has 0 heterocycles. The molecule has 9 nitrogen and oxygen atoms in total. The van der Waals surface area contributed by atoms with Gasteiger partial charge in [-0.05, 0) is 38.5 Å². The van der Waals surface area contributed by atoms with Crippen molar-refractivity contribution in [2.75, 3.05) is 0 Å². The lowest BCUT2D eigenvalue weighted by atomic mass is 10.0. The van der Waals surface area contributed by atoms with Crippen LogP contribution in [0, 0.1) is 30.3 Å². The van der Waals surface area contributed by atoms with Gasteiger partial charge in [-0.3, -0.25) is 30.3 Å². The van der Waals surface area contributed by atoms with Crippen LogP contribution >= 0.6 is 0 Å². The van der Waals surface area contributed by atoms with Gasteiger partial charge in [0.15, 0.2) is 0 Å². The zero-order chi connectivity index (χ0) is 42.3. The molecule has 0 radical (unpaired) electrons. The van der Waals surface area contributed by atoms with Crippen molar-refractivity contribution < 1.29 is 14.8 Å². The van der Waals surface area contributed by atoms with Crippen LogP contribution in [0.25, 0.3) is 0 Å². The van der Waals surface area contributed by atoms with Crippen molar-refractivity contribution >= 4 is 0 Å². The number of hydrogen-bond acceptors (Lipinski definition) is 6. The first-order valence-corrected chi connectivity index (χ1v) is 24.6. The molecule has 0 aliphatic heterocycles. The Morgan fingerprint density at radius 1 is 0.250 bits per heavy atom. The highest BCUT2D eigenvalue weighted by atomic mass is 16.6. The third kappa shape index (κ3) is 46.6. The van der Waals surface area contributed by atoms with E-state index < -0.39 is 0 Å². The van der Waals surface area contributed by atoms with Crippen LogP contribution in [-0.2, 0) is 0 Å². The molecular weight excluding hydrogens is 703 g/mol. The second-order valence-corrected chi connectivity index (χ2v) is 16.7. The van der Waals surface area contributed by atoms with E-state index >= 15 is 0 Å². The second kappa shape index (κ2) is 49.3. The van der Waals surface area contributed by atoms with Gasteiger partial charge in [0.05, 0.1) is 0 Å². The Bertz CT molecular complexity index is 803. The fraction of sp³-hybridized carbons (Fsp3) is 1.00. The highest BCUT2D eigenvalue weighted by molar-refractivity contribution is 4.60. The van der Waals surface area contributed by atoms with Crippen molar-refractivity contribution in [3.05, 3.63) is 30.3 Å². The summed E-state index contributed by atoms with van der Waals surface area (Å²) >= 11 is 0. The Morgan fingerprint density at radius 2 is 0.411 bits per heavy atom. The molecule has 0 N–H and O–H groups in total. The fourth-order valence-electron chi connectivity index (χ4n) is 7.38. The lowest BCUT2D eigenvalue weighted by molar-refractivity contribution is -0.524. The first kappa shape index (κ1) is 58.5. The molecule has 2 unspecified atom stereocenters. The summed E-state index contributed by atoms with van der Waals surface area (Å²) in [6, 6.07) is -0.863. The van der Waals surface area contributed by atoms with Gasteiger partial charge in [0.2, 0.25) is 18.1 Å². The predicted molar refractivity (Wildman–Crippen MR) is 242 cm³/mol. The second-order valence-electron chi connectivity index (χ2n) is 16.7. The highest BCUT2D eigenvalue weighted by Crippen LogP contribution is 2.18. The van der Waals surface area contributed by atoms with E-state index in [9.17, 15) is 30.3 Å². The van der Waals surface area contributed by atoms with Gasteiger partial charge in [0.1, 0.15) is 0 Å². The number of hydrogen-bond donors (Lipinski definition) is 0. The average molecular weight is 800 g/mol. The van der Waals surface area contributed by atoms with E-state index in [2.05, 4.69) is 34.6 Å². The number of nitro groups is 3. The van der Waals surface area contributed by atoms with Crippen LogP contribution < -0.4 is 0 Å². The maximum absolute atomic E-state index is 11.0. The van der Waals surface area contributed by atoms with Crippen LogP contribution in [0.5, 0.6) is 0 Å². The van der Waals surface area contributed by atoms with Crippen molar-refractivity contribution in [2.24, 2.45) is 0 Å². The third-order valence-electron chi connectivity index (χ3n) is 11.2. The molecule has 336 valence electrons. The van der Waals surface area contributed by atoms with Gasteiger partial charge in [-0.15, -0.1) is 0 Å². The van der Waals surface area contributed by atoms with E-state index in [1.54, 1.807) is 0 Å². The summed E-state index contributed by atoms with van der Waals surface area (Å²) in [5, 5.41) is 32.6. The maximum Gasteiger partial charge on any atom is 0.213 e. The normalized spacial score (nSPS) is 12.1. The van der Waals surface area contributed by atoms with E-state index in [1.807, 2.05) is 6.92 Å². The number of rotatable bonds is 41. The summed E-state index contributed by atoms with van der Waals surface area (Å²) < 4.78 is 0. The molecule has 0 fully saturated rings. The molecule has 0 aromatic heterocycles. The summed E-state index contributed by atoms with van der Waals surface area (Å²) in [6.07, 6.45) is 43.9.